The van der Waals surface area contributed by atoms with Crippen LogP contribution >= 0.6 is 0 Å². The van der Waals surface area contributed by atoms with Crippen LogP contribution < -0.4 is 10.1 Å². The number of nitrogens with one attached hydrogen (secondary N) is 1. The number of hydrogen-bond acceptors (Lipinski definition) is 6. The number of fused-ring (bicyclic) bond motifs is 1. The van der Waals surface area contributed by atoms with E-state index in [0.717, 1.165) is 12.2 Å². The van der Waals surface area contributed by atoms with Crippen LogP contribution in [0.1, 0.15) is 35.7 Å². The van der Waals surface area contributed by atoms with Crippen molar-refractivity contribution in [3.63, 3.8) is 0 Å². The molecular weight excluding hydrogens is 270 g/mol. The van der Waals surface area contributed by atoms with Gasteiger partial charge in [0.1, 0.15) is 5.75 Å². The first-order valence-corrected chi connectivity index (χ1v) is 7.25. The monoisotopic (exact) mass is 287 g/mol. The van der Waals surface area contributed by atoms with Gasteiger partial charge in [-0.25, -0.2) is 0 Å². The molecule has 6 heteroatoms. The van der Waals surface area contributed by atoms with Crippen LogP contribution in [0.5, 0.6) is 5.75 Å². The van der Waals surface area contributed by atoms with E-state index in [2.05, 4.69) is 21.5 Å². The number of aliphatic hydroxyl groups excluding tert-OH is 1. The van der Waals surface area contributed by atoms with Crippen LogP contribution in [0.2, 0.25) is 0 Å². The van der Waals surface area contributed by atoms with E-state index in [9.17, 15) is 5.11 Å². The summed E-state index contributed by atoms with van der Waals surface area (Å²) in [6.07, 6.45) is 1.14. The zero-order valence-corrected chi connectivity index (χ0v) is 11.5. The molecule has 2 N–H and O–H groups in total. The van der Waals surface area contributed by atoms with Gasteiger partial charge in [-0.2, -0.15) is 4.98 Å². The Kier molecular flexibility index (Phi) is 3.12. The Morgan fingerprint density at radius 1 is 1.29 bits per heavy atom. The van der Waals surface area contributed by atoms with Gasteiger partial charge in [-0.05, 0) is 24.5 Å². The molecule has 0 aliphatic carbocycles. The minimum absolute atomic E-state index is 0.0435. The summed E-state index contributed by atoms with van der Waals surface area (Å²) in [7, 11) is 0. The number of aliphatic hydroxyl groups is 1. The molecule has 0 spiro atoms. The Balaban J connectivity index is 1.52. The van der Waals surface area contributed by atoms with Crippen LogP contribution in [0.25, 0.3) is 0 Å². The first kappa shape index (κ1) is 12.8. The number of β-amino-alcohol motifs (C(OH)–C–C–N with tert-alkyl or cyclic N) is 1. The molecular formula is C15H17N3O3. The average molecular weight is 287 g/mol. The fourth-order valence-corrected chi connectivity index (χ4v) is 2.95. The largest absolute Gasteiger partial charge is 0.493 e. The van der Waals surface area contributed by atoms with Crippen LogP contribution in [0.15, 0.2) is 28.8 Å². The molecule has 0 saturated carbocycles. The molecule has 0 radical (unpaired) electrons. The topological polar surface area (TPSA) is 80.4 Å². The normalized spacial score (nSPS) is 28.1. The molecule has 21 heavy (non-hydrogen) atoms. The molecule has 1 saturated heterocycles. The average Bonchev–Trinajstić information content (AvgIpc) is 3.15. The summed E-state index contributed by atoms with van der Waals surface area (Å²) in [6, 6.07) is 7.99. The summed E-state index contributed by atoms with van der Waals surface area (Å²) in [4.78, 5) is 4.49. The first-order chi connectivity index (χ1) is 10.3. The summed E-state index contributed by atoms with van der Waals surface area (Å²) in [5.41, 5.74) is 1.18. The van der Waals surface area contributed by atoms with Gasteiger partial charge in [0.05, 0.1) is 24.7 Å². The van der Waals surface area contributed by atoms with E-state index >= 15 is 0 Å². The number of aromatic nitrogens is 2. The number of ether oxygens (including phenoxy) is 1. The fraction of sp³-hybridized carbons (Fsp3) is 0.467. The number of hydrogen-bond donors (Lipinski definition) is 2. The second-order valence-electron chi connectivity index (χ2n) is 5.66. The standard InChI is InChI=1S/C15H17N3O3/c19-11-6-12(16-7-11)15-17-14(18-21-15)10-5-9-3-1-2-4-13(9)20-8-10/h1-4,10-12,16,19H,5-8H2/t10?,11-,12-/m1/s1. The second-order valence-corrected chi connectivity index (χ2v) is 5.66. The predicted molar refractivity (Wildman–Crippen MR) is 74.0 cm³/mol. The molecule has 1 aromatic carbocycles. The molecule has 1 fully saturated rings. The zero-order chi connectivity index (χ0) is 14.2. The minimum Gasteiger partial charge on any atom is -0.493 e. The van der Waals surface area contributed by atoms with Crippen molar-refractivity contribution in [1.29, 1.82) is 0 Å². The zero-order valence-electron chi connectivity index (χ0n) is 11.5. The summed E-state index contributed by atoms with van der Waals surface area (Å²) in [6.45, 7) is 1.14. The van der Waals surface area contributed by atoms with Crippen molar-refractivity contribution < 1.29 is 14.4 Å². The quantitative estimate of drug-likeness (QED) is 0.863. The SMILES string of the molecule is O[C@H]1CN[C@@H](c2nc(C3COc4ccccc4C3)no2)C1. The van der Waals surface area contributed by atoms with Crippen LogP contribution in [0.4, 0.5) is 0 Å². The molecule has 110 valence electrons. The Morgan fingerprint density at radius 2 is 2.19 bits per heavy atom. The van der Waals surface area contributed by atoms with Crippen molar-refractivity contribution in [2.45, 2.75) is 30.9 Å². The number of rotatable bonds is 2. The van der Waals surface area contributed by atoms with E-state index in [1.54, 1.807) is 0 Å². The molecule has 2 aliphatic heterocycles. The van der Waals surface area contributed by atoms with E-state index in [4.69, 9.17) is 9.26 Å². The van der Waals surface area contributed by atoms with Crippen LogP contribution in [-0.4, -0.2) is 34.5 Å². The third kappa shape index (κ3) is 2.41. The van der Waals surface area contributed by atoms with Crippen LogP contribution in [0, 0.1) is 0 Å². The lowest BCUT2D eigenvalue weighted by Gasteiger charge is -2.22. The van der Waals surface area contributed by atoms with Crippen molar-refractivity contribution >= 4 is 0 Å². The van der Waals surface area contributed by atoms with Crippen molar-refractivity contribution in [2.75, 3.05) is 13.2 Å². The lowest BCUT2D eigenvalue weighted by molar-refractivity contribution is 0.191. The maximum absolute atomic E-state index is 9.55. The van der Waals surface area contributed by atoms with Gasteiger partial charge in [0.25, 0.3) is 0 Å². The highest BCUT2D eigenvalue weighted by molar-refractivity contribution is 5.36. The van der Waals surface area contributed by atoms with Gasteiger partial charge in [0, 0.05) is 6.54 Å². The highest BCUT2D eigenvalue weighted by atomic mass is 16.5. The molecule has 2 aliphatic rings. The van der Waals surface area contributed by atoms with Crippen molar-refractivity contribution in [1.82, 2.24) is 15.5 Å². The van der Waals surface area contributed by atoms with Gasteiger partial charge in [-0.1, -0.05) is 23.4 Å². The maximum atomic E-state index is 9.55. The van der Waals surface area contributed by atoms with Gasteiger partial charge >= 0.3 is 0 Å². The summed E-state index contributed by atoms with van der Waals surface area (Å²) < 4.78 is 11.1. The van der Waals surface area contributed by atoms with E-state index in [0.29, 0.717) is 31.3 Å². The smallest absolute Gasteiger partial charge is 0.243 e. The highest BCUT2D eigenvalue weighted by Crippen LogP contribution is 2.32. The lowest BCUT2D eigenvalue weighted by atomic mass is 9.96. The Hall–Kier alpha value is -1.92. The Bertz CT molecular complexity index is 643. The van der Waals surface area contributed by atoms with E-state index in [-0.39, 0.29) is 18.1 Å². The number of benzene rings is 1. The molecule has 0 bridgehead atoms. The van der Waals surface area contributed by atoms with Gasteiger partial charge in [0.15, 0.2) is 5.82 Å². The van der Waals surface area contributed by atoms with E-state index < -0.39 is 0 Å². The van der Waals surface area contributed by atoms with Gasteiger partial charge in [0.2, 0.25) is 5.89 Å². The van der Waals surface area contributed by atoms with Crippen LogP contribution in [0.3, 0.4) is 0 Å². The molecule has 4 rings (SSSR count). The predicted octanol–water partition coefficient (Wildman–Crippen LogP) is 1.18. The second kappa shape index (κ2) is 5.13. The third-order valence-corrected chi connectivity index (χ3v) is 4.11. The Labute approximate surface area is 122 Å². The molecule has 3 atom stereocenters. The first-order valence-electron chi connectivity index (χ1n) is 7.25. The van der Waals surface area contributed by atoms with Gasteiger partial charge < -0.3 is 19.7 Å². The summed E-state index contributed by atoms with van der Waals surface area (Å²) in [5.74, 6) is 2.30. The molecule has 1 unspecified atom stereocenters. The fourth-order valence-electron chi connectivity index (χ4n) is 2.95. The number of para-hydroxylation sites is 1. The van der Waals surface area contributed by atoms with Crippen molar-refractivity contribution in [2.24, 2.45) is 0 Å². The van der Waals surface area contributed by atoms with Crippen molar-refractivity contribution in [3.05, 3.63) is 41.5 Å². The maximum Gasteiger partial charge on any atom is 0.243 e. The third-order valence-electron chi connectivity index (χ3n) is 4.11. The van der Waals surface area contributed by atoms with Gasteiger partial charge in [-0.3, -0.25) is 0 Å². The Morgan fingerprint density at radius 3 is 3.05 bits per heavy atom. The molecule has 6 nitrogen and oxygen atoms in total. The summed E-state index contributed by atoms with van der Waals surface area (Å²) >= 11 is 0. The van der Waals surface area contributed by atoms with E-state index in [1.165, 1.54) is 5.56 Å². The molecule has 0 amide bonds. The molecule has 2 aromatic rings. The molecule has 3 heterocycles. The molecule has 1 aromatic heterocycles. The van der Waals surface area contributed by atoms with Gasteiger partial charge in [-0.15, -0.1) is 0 Å². The van der Waals surface area contributed by atoms with Crippen molar-refractivity contribution in [3.8, 4) is 5.75 Å². The van der Waals surface area contributed by atoms with E-state index in [1.807, 2.05) is 18.2 Å². The van der Waals surface area contributed by atoms with Crippen LogP contribution in [-0.2, 0) is 6.42 Å². The lowest BCUT2D eigenvalue weighted by Crippen LogP contribution is -2.20. The number of nitrogens with zero attached hydrogens (tertiary/aromatic N) is 2. The summed E-state index contributed by atoms with van der Waals surface area (Å²) in [5, 5.41) is 16.8. The highest BCUT2D eigenvalue weighted by Gasteiger charge is 2.30. The minimum atomic E-state index is -0.338.